The first-order valence-electron chi connectivity index (χ1n) is 17.2. The van der Waals surface area contributed by atoms with Crippen LogP contribution in [0.15, 0.2) is 95.4 Å². The number of nitrogens with one attached hydrogen (secondary N) is 1. The Hall–Kier alpha value is -5.88. The topological polar surface area (TPSA) is 162 Å². The molecule has 0 radical (unpaired) electrons. The normalized spacial score (nSPS) is 13.9. The Labute approximate surface area is 317 Å². The molecule has 1 aliphatic rings. The van der Waals surface area contributed by atoms with Crippen LogP contribution in [0, 0.1) is 5.92 Å². The van der Waals surface area contributed by atoms with Gasteiger partial charge in [-0.15, -0.1) is 0 Å². The number of ketones is 1. The summed E-state index contributed by atoms with van der Waals surface area (Å²) in [5, 5.41) is 13.0. The minimum Gasteiger partial charge on any atom is -0.481 e. The molecular formula is C41H41ClN2O10. The SMILES string of the molecule is C[C@@H]([C@@H](Cc1ccc(C(=O)Nc2ccccc2)o1)c1ccc2c(c1)OCO2)N(CC=Cc1ccc(Cl)cc1)C(=O)C(=O)C(CC(=O)O)C(=O)OC(C)(C)C. The van der Waals surface area contributed by atoms with Crippen molar-refractivity contribution >= 4 is 52.9 Å². The van der Waals surface area contributed by atoms with Crippen LogP contribution in [-0.2, 0) is 30.3 Å². The van der Waals surface area contributed by atoms with Gasteiger partial charge < -0.3 is 34.0 Å². The van der Waals surface area contributed by atoms with Gasteiger partial charge in [-0.25, -0.2) is 0 Å². The molecule has 0 aliphatic carbocycles. The van der Waals surface area contributed by atoms with E-state index < -0.39 is 59.4 Å². The van der Waals surface area contributed by atoms with Gasteiger partial charge in [0.2, 0.25) is 12.6 Å². The highest BCUT2D eigenvalue weighted by Crippen LogP contribution is 2.38. The first kappa shape index (κ1) is 39.3. The van der Waals surface area contributed by atoms with Crippen molar-refractivity contribution in [1.29, 1.82) is 0 Å². The second-order valence-electron chi connectivity index (χ2n) is 13.7. The van der Waals surface area contributed by atoms with Gasteiger partial charge in [-0.3, -0.25) is 24.0 Å². The molecule has 0 saturated heterocycles. The van der Waals surface area contributed by atoms with Gasteiger partial charge in [0.05, 0.1) is 6.42 Å². The highest BCUT2D eigenvalue weighted by Gasteiger charge is 2.41. The highest BCUT2D eigenvalue weighted by atomic mass is 35.5. The molecule has 282 valence electrons. The smallest absolute Gasteiger partial charge is 0.318 e. The number of esters is 1. The summed E-state index contributed by atoms with van der Waals surface area (Å²) in [6.45, 7) is 6.39. The minimum absolute atomic E-state index is 0.0291. The zero-order chi connectivity index (χ0) is 39.0. The first-order valence-corrected chi connectivity index (χ1v) is 17.6. The zero-order valence-corrected chi connectivity index (χ0v) is 31.0. The third-order valence-corrected chi connectivity index (χ3v) is 8.83. The number of Topliss-reactive ketones (excluding diaryl/α,β-unsaturated/α-hetero) is 1. The number of nitrogens with zero attached hydrogens (tertiary/aromatic N) is 1. The summed E-state index contributed by atoms with van der Waals surface area (Å²) in [7, 11) is 0. The van der Waals surface area contributed by atoms with Gasteiger partial charge in [0.25, 0.3) is 11.8 Å². The monoisotopic (exact) mass is 756 g/mol. The summed E-state index contributed by atoms with van der Waals surface area (Å²) in [6, 6.07) is 23.6. The Morgan fingerprint density at radius 1 is 0.944 bits per heavy atom. The number of anilines is 1. The number of carboxylic acids is 1. The van der Waals surface area contributed by atoms with E-state index in [2.05, 4.69) is 5.32 Å². The van der Waals surface area contributed by atoms with Crippen LogP contribution in [0.3, 0.4) is 0 Å². The Kier molecular flexibility index (Phi) is 12.6. The summed E-state index contributed by atoms with van der Waals surface area (Å²) in [4.78, 5) is 67.6. The van der Waals surface area contributed by atoms with Crippen LogP contribution in [0.2, 0.25) is 5.02 Å². The van der Waals surface area contributed by atoms with E-state index in [1.54, 1.807) is 113 Å². The molecule has 2 amide bonds. The number of carboxylic acid groups (broad SMARTS) is 1. The minimum atomic E-state index is -1.89. The lowest BCUT2D eigenvalue weighted by molar-refractivity contribution is -0.167. The van der Waals surface area contributed by atoms with E-state index in [-0.39, 0.29) is 25.5 Å². The van der Waals surface area contributed by atoms with Crippen molar-refractivity contribution < 1.29 is 47.7 Å². The van der Waals surface area contributed by atoms with Crippen molar-refractivity contribution in [2.75, 3.05) is 18.7 Å². The molecule has 2 heterocycles. The molecule has 4 aromatic rings. The Morgan fingerprint density at radius 2 is 1.65 bits per heavy atom. The van der Waals surface area contributed by atoms with Crippen LogP contribution in [-0.4, -0.2) is 64.5 Å². The number of rotatable bonds is 15. The average Bonchev–Trinajstić information content (AvgIpc) is 3.81. The number of hydrogen-bond acceptors (Lipinski definition) is 9. The van der Waals surface area contributed by atoms with Crippen LogP contribution in [0.4, 0.5) is 5.69 Å². The molecule has 1 aliphatic heterocycles. The van der Waals surface area contributed by atoms with Crippen molar-refractivity contribution in [2.24, 2.45) is 5.92 Å². The van der Waals surface area contributed by atoms with Gasteiger partial charge in [-0.1, -0.05) is 60.2 Å². The Balaban J connectivity index is 1.51. The maximum absolute atomic E-state index is 14.3. The molecule has 13 heteroatoms. The average molecular weight is 757 g/mol. The van der Waals surface area contributed by atoms with E-state index >= 15 is 0 Å². The molecule has 0 saturated carbocycles. The summed E-state index contributed by atoms with van der Waals surface area (Å²) in [6.07, 6.45) is 2.65. The number of carbonyl (C=O) groups is 5. The predicted octanol–water partition coefficient (Wildman–Crippen LogP) is 7.17. The molecule has 2 N–H and O–H groups in total. The molecule has 3 atom stereocenters. The van der Waals surface area contributed by atoms with Crippen LogP contribution in [0.1, 0.15) is 67.5 Å². The number of ether oxygens (including phenoxy) is 3. The second-order valence-corrected chi connectivity index (χ2v) is 14.1. The lowest BCUT2D eigenvalue weighted by atomic mass is 9.86. The van der Waals surface area contributed by atoms with Gasteiger partial charge in [-0.2, -0.15) is 0 Å². The fourth-order valence-corrected chi connectivity index (χ4v) is 6.03. The summed E-state index contributed by atoms with van der Waals surface area (Å²) >= 11 is 6.05. The maximum atomic E-state index is 14.3. The van der Waals surface area contributed by atoms with Crippen molar-refractivity contribution in [1.82, 2.24) is 4.90 Å². The number of furan rings is 1. The number of benzene rings is 3. The quantitative estimate of drug-likeness (QED) is 0.0723. The first-order chi connectivity index (χ1) is 25.7. The lowest BCUT2D eigenvalue weighted by Crippen LogP contribution is -2.49. The van der Waals surface area contributed by atoms with Crippen LogP contribution in [0.25, 0.3) is 6.08 Å². The number of amides is 2. The van der Waals surface area contributed by atoms with E-state index in [0.29, 0.717) is 33.5 Å². The van der Waals surface area contributed by atoms with Gasteiger partial charge >= 0.3 is 11.9 Å². The van der Waals surface area contributed by atoms with Crippen molar-refractivity contribution in [3.8, 4) is 11.5 Å². The van der Waals surface area contributed by atoms with E-state index in [0.717, 1.165) is 5.56 Å². The molecule has 3 aromatic carbocycles. The number of para-hydroxylation sites is 1. The molecule has 1 unspecified atom stereocenters. The summed E-state index contributed by atoms with van der Waals surface area (Å²) < 4.78 is 22.6. The van der Waals surface area contributed by atoms with Crippen LogP contribution < -0.4 is 14.8 Å². The third kappa shape index (κ3) is 10.4. The number of aliphatic carboxylic acids is 1. The second kappa shape index (κ2) is 17.3. The molecular weight excluding hydrogens is 716 g/mol. The molecule has 1 aromatic heterocycles. The predicted molar refractivity (Wildman–Crippen MR) is 200 cm³/mol. The van der Waals surface area contributed by atoms with E-state index in [1.165, 1.54) is 4.90 Å². The van der Waals surface area contributed by atoms with Crippen molar-refractivity contribution in [3.63, 3.8) is 0 Å². The highest BCUT2D eigenvalue weighted by molar-refractivity contribution is 6.40. The van der Waals surface area contributed by atoms with E-state index in [9.17, 15) is 29.1 Å². The molecule has 0 bridgehead atoms. The van der Waals surface area contributed by atoms with Gasteiger partial charge in [0.1, 0.15) is 17.3 Å². The summed E-state index contributed by atoms with van der Waals surface area (Å²) in [5.74, 6) is -6.30. The number of halogens is 1. The third-order valence-electron chi connectivity index (χ3n) is 8.58. The lowest BCUT2D eigenvalue weighted by Gasteiger charge is -2.35. The molecule has 12 nitrogen and oxygen atoms in total. The van der Waals surface area contributed by atoms with Crippen LogP contribution >= 0.6 is 11.6 Å². The summed E-state index contributed by atoms with van der Waals surface area (Å²) in [5.41, 5.74) is 1.01. The Bertz CT molecular complexity index is 2020. The van der Waals surface area contributed by atoms with E-state index in [4.69, 9.17) is 30.2 Å². The maximum Gasteiger partial charge on any atom is 0.318 e. The molecule has 0 spiro atoms. The number of hydrogen-bond donors (Lipinski definition) is 2. The Morgan fingerprint density at radius 3 is 2.33 bits per heavy atom. The largest absolute Gasteiger partial charge is 0.481 e. The number of fused-ring (bicyclic) bond motifs is 1. The molecule has 0 fully saturated rings. The standard InChI is InChI=1S/C41H41ClN2O10/c1-25(44(20-8-9-26-12-15-28(42)16-13-26)39(49)37(47)32(23-36(45)46)40(50)54-41(2,3)4)31(27-14-18-33-35(21-27)52-24-51-33)22-30-17-19-34(53-30)38(48)43-29-10-6-5-7-11-29/h5-19,21,25,31-32H,20,22-24H2,1-4H3,(H,43,48)(H,45,46)/t25-,31+,32?/m0/s1. The van der Waals surface area contributed by atoms with Gasteiger partial charge in [0.15, 0.2) is 17.3 Å². The van der Waals surface area contributed by atoms with Crippen molar-refractivity contribution in [3.05, 3.63) is 119 Å². The van der Waals surface area contributed by atoms with Gasteiger partial charge in [0, 0.05) is 35.6 Å². The van der Waals surface area contributed by atoms with E-state index in [1.807, 2.05) is 12.1 Å². The fourth-order valence-electron chi connectivity index (χ4n) is 5.90. The zero-order valence-electron chi connectivity index (χ0n) is 30.2. The fraction of sp³-hybridized carbons (Fsp3) is 0.293. The number of carbonyl (C=O) groups excluding carboxylic acids is 4. The van der Waals surface area contributed by atoms with Crippen LogP contribution in [0.5, 0.6) is 11.5 Å². The molecule has 5 rings (SSSR count). The molecule has 54 heavy (non-hydrogen) atoms. The van der Waals surface area contributed by atoms with Gasteiger partial charge in [-0.05, 0) is 87.4 Å². The van der Waals surface area contributed by atoms with Crippen molar-refractivity contribution in [2.45, 2.75) is 58.1 Å².